The maximum absolute atomic E-state index is 13.3. The lowest BCUT2D eigenvalue weighted by Crippen LogP contribution is -2.13. The fraction of sp³-hybridized carbons (Fsp3) is 0.545. The van der Waals surface area contributed by atoms with E-state index in [2.05, 4.69) is 17.2 Å². The Bertz CT molecular complexity index is 333. The second-order valence-corrected chi connectivity index (χ2v) is 4.33. The van der Waals surface area contributed by atoms with Crippen LogP contribution >= 0.6 is 11.6 Å². The summed E-state index contributed by atoms with van der Waals surface area (Å²) in [7, 11) is 0. The Morgan fingerprint density at radius 2 is 2.38 bits per heavy atom. The van der Waals surface area contributed by atoms with Crippen LogP contribution in [0.4, 0.5) is 10.2 Å². The Morgan fingerprint density at radius 1 is 1.62 bits per heavy atom. The Labute approximate surface area is 100 Å². The average Bonchev–Trinajstić information content (AvgIpc) is 2.26. The molecule has 0 amide bonds. The van der Waals surface area contributed by atoms with E-state index in [9.17, 15) is 4.39 Å². The van der Waals surface area contributed by atoms with Gasteiger partial charge in [-0.3, -0.25) is 0 Å². The van der Waals surface area contributed by atoms with Gasteiger partial charge in [-0.2, -0.15) is 0 Å². The predicted octanol–water partition coefficient (Wildman–Crippen LogP) is 2.66. The predicted molar refractivity (Wildman–Crippen MR) is 65.1 cm³/mol. The standard InChI is InChI=1S/C11H17ClFN3/c1-8(6-14)3-2-4-15-11-10(13)5-9(12)7-16-11/h5,7-8H,2-4,6,14H2,1H3,(H,15,16). The highest BCUT2D eigenvalue weighted by Crippen LogP contribution is 2.15. The van der Waals surface area contributed by atoms with Gasteiger partial charge in [-0.1, -0.05) is 18.5 Å². The number of pyridine rings is 1. The zero-order valence-corrected chi connectivity index (χ0v) is 10.1. The number of hydrogen-bond acceptors (Lipinski definition) is 3. The summed E-state index contributed by atoms with van der Waals surface area (Å²) in [5.41, 5.74) is 5.50. The van der Waals surface area contributed by atoms with Gasteiger partial charge in [-0.15, -0.1) is 0 Å². The Hall–Kier alpha value is -0.870. The topological polar surface area (TPSA) is 50.9 Å². The average molecular weight is 246 g/mol. The highest BCUT2D eigenvalue weighted by Gasteiger charge is 2.04. The third-order valence-electron chi connectivity index (χ3n) is 2.38. The van der Waals surface area contributed by atoms with Gasteiger partial charge in [-0.05, 0) is 31.4 Å². The molecule has 1 unspecified atom stereocenters. The van der Waals surface area contributed by atoms with Gasteiger partial charge >= 0.3 is 0 Å². The second-order valence-electron chi connectivity index (χ2n) is 3.89. The van der Waals surface area contributed by atoms with Crippen LogP contribution in [0, 0.1) is 11.7 Å². The largest absolute Gasteiger partial charge is 0.368 e. The summed E-state index contributed by atoms with van der Waals surface area (Å²) >= 11 is 5.59. The number of anilines is 1. The van der Waals surface area contributed by atoms with E-state index in [4.69, 9.17) is 17.3 Å². The van der Waals surface area contributed by atoms with Gasteiger partial charge in [0.25, 0.3) is 0 Å². The minimum absolute atomic E-state index is 0.254. The number of nitrogens with zero attached hydrogens (tertiary/aromatic N) is 1. The van der Waals surface area contributed by atoms with E-state index in [-0.39, 0.29) is 5.82 Å². The van der Waals surface area contributed by atoms with Crippen LogP contribution in [-0.2, 0) is 0 Å². The lowest BCUT2D eigenvalue weighted by atomic mass is 10.1. The molecule has 16 heavy (non-hydrogen) atoms. The summed E-state index contributed by atoms with van der Waals surface area (Å²) in [6, 6.07) is 1.25. The number of nitrogens with two attached hydrogens (primary N) is 1. The van der Waals surface area contributed by atoms with E-state index in [1.165, 1.54) is 12.3 Å². The van der Waals surface area contributed by atoms with Crippen molar-refractivity contribution < 1.29 is 4.39 Å². The molecule has 1 heterocycles. The summed E-state index contributed by atoms with van der Waals surface area (Å²) in [4.78, 5) is 3.87. The van der Waals surface area contributed by atoms with Crippen molar-refractivity contribution in [1.82, 2.24) is 4.98 Å². The normalized spacial score (nSPS) is 12.5. The van der Waals surface area contributed by atoms with Crippen LogP contribution in [0.2, 0.25) is 5.02 Å². The molecule has 0 aromatic carbocycles. The summed E-state index contributed by atoms with van der Waals surface area (Å²) in [5, 5.41) is 3.24. The van der Waals surface area contributed by atoms with Crippen molar-refractivity contribution in [1.29, 1.82) is 0 Å². The van der Waals surface area contributed by atoms with E-state index in [1.54, 1.807) is 0 Å². The van der Waals surface area contributed by atoms with E-state index in [0.717, 1.165) is 12.8 Å². The minimum Gasteiger partial charge on any atom is -0.368 e. The first-order valence-corrected chi connectivity index (χ1v) is 5.76. The molecule has 90 valence electrons. The number of halogens is 2. The van der Waals surface area contributed by atoms with E-state index < -0.39 is 5.82 Å². The van der Waals surface area contributed by atoms with E-state index in [1.807, 2.05) is 0 Å². The van der Waals surface area contributed by atoms with Crippen molar-refractivity contribution in [2.45, 2.75) is 19.8 Å². The van der Waals surface area contributed by atoms with Crippen molar-refractivity contribution in [3.05, 3.63) is 23.1 Å². The molecule has 5 heteroatoms. The number of hydrogen-bond donors (Lipinski definition) is 2. The SMILES string of the molecule is CC(CN)CCCNc1ncc(Cl)cc1F. The first-order valence-electron chi connectivity index (χ1n) is 5.38. The van der Waals surface area contributed by atoms with Gasteiger partial charge in [0.05, 0.1) is 5.02 Å². The fourth-order valence-electron chi connectivity index (χ4n) is 1.32. The molecule has 3 nitrogen and oxygen atoms in total. The van der Waals surface area contributed by atoms with Crippen molar-refractivity contribution in [3.63, 3.8) is 0 Å². The van der Waals surface area contributed by atoms with Gasteiger partial charge in [0.1, 0.15) is 0 Å². The van der Waals surface area contributed by atoms with Gasteiger partial charge in [0.2, 0.25) is 0 Å². The molecule has 0 bridgehead atoms. The van der Waals surface area contributed by atoms with Gasteiger partial charge in [-0.25, -0.2) is 9.37 Å². The molecule has 0 aliphatic carbocycles. The van der Waals surface area contributed by atoms with Crippen molar-refractivity contribution in [2.24, 2.45) is 11.7 Å². The Kier molecular flexibility index (Phi) is 5.49. The number of rotatable bonds is 6. The maximum atomic E-state index is 13.3. The first-order chi connectivity index (χ1) is 7.63. The molecular weight excluding hydrogens is 229 g/mol. The summed E-state index contributed by atoms with van der Waals surface area (Å²) in [5.74, 6) is 0.342. The molecule has 0 spiro atoms. The van der Waals surface area contributed by atoms with Gasteiger partial charge < -0.3 is 11.1 Å². The first kappa shape index (κ1) is 13.2. The molecule has 1 aromatic heterocycles. The van der Waals surface area contributed by atoms with Crippen LogP contribution in [0.3, 0.4) is 0 Å². The molecule has 0 fully saturated rings. The molecule has 0 radical (unpaired) electrons. The van der Waals surface area contributed by atoms with E-state index >= 15 is 0 Å². The van der Waals surface area contributed by atoms with Crippen LogP contribution in [0.15, 0.2) is 12.3 Å². The van der Waals surface area contributed by atoms with Crippen molar-refractivity contribution >= 4 is 17.4 Å². The lowest BCUT2D eigenvalue weighted by molar-refractivity contribution is 0.528. The Morgan fingerprint density at radius 3 is 3.00 bits per heavy atom. The van der Waals surface area contributed by atoms with Crippen LogP contribution in [0.5, 0.6) is 0 Å². The van der Waals surface area contributed by atoms with Gasteiger partial charge in [0.15, 0.2) is 11.6 Å². The van der Waals surface area contributed by atoms with Crippen molar-refractivity contribution in [2.75, 3.05) is 18.4 Å². The monoisotopic (exact) mass is 245 g/mol. The lowest BCUT2D eigenvalue weighted by Gasteiger charge is -2.09. The van der Waals surface area contributed by atoms with Crippen LogP contribution < -0.4 is 11.1 Å². The maximum Gasteiger partial charge on any atom is 0.166 e. The molecule has 3 N–H and O–H groups in total. The third-order valence-corrected chi connectivity index (χ3v) is 2.58. The summed E-state index contributed by atoms with van der Waals surface area (Å²) < 4.78 is 13.3. The Balaban J connectivity index is 2.32. The quantitative estimate of drug-likeness (QED) is 0.758. The molecule has 1 atom stereocenters. The highest BCUT2D eigenvalue weighted by atomic mass is 35.5. The van der Waals surface area contributed by atoms with Crippen LogP contribution in [0.1, 0.15) is 19.8 Å². The van der Waals surface area contributed by atoms with Gasteiger partial charge in [0, 0.05) is 12.7 Å². The smallest absolute Gasteiger partial charge is 0.166 e. The van der Waals surface area contributed by atoms with Crippen molar-refractivity contribution in [3.8, 4) is 0 Å². The molecular formula is C11H17ClFN3. The molecule has 0 aliphatic rings. The molecule has 0 saturated carbocycles. The zero-order chi connectivity index (χ0) is 12.0. The molecule has 1 rings (SSSR count). The minimum atomic E-state index is -0.417. The number of nitrogens with one attached hydrogen (secondary N) is 1. The fourth-order valence-corrected chi connectivity index (χ4v) is 1.46. The van der Waals surface area contributed by atoms with Crippen LogP contribution in [0.25, 0.3) is 0 Å². The zero-order valence-electron chi connectivity index (χ0n) is 9.34. The number of aromatic nitrogens is 1. The summed E-state index contributed by atoms with van der Waals surface area (Å²) in [6.45, 7) is 3.48. The molecule has 1 aromatic rings. The highest BCUT2D eigenvalue weighted by molar-refractivity contribution is 6.30. The third kappa shape index (κ3) is 4.33. The van der Waals surface area contributed by atoms with Crippen LogP contribution in [-0.4, -0.2) is 18.1 Å². The molecule has 0 aliphatic heterocycles. The second kappa shape index (κ2) is 6.66. The van der Waals surface area contributed by atoms with E-state index in [0.29, 0.717) is 24.0 Å². The molecule has 0 saturated heterocycles. The summed E-state index contributed by atoms with van der Waals surface area (Å²) in [6.07, 6.45) is 3.40.